The fourth-order valence-corrected chi connectivity index (χ4v) is 2.07. The molecule has 92 valence electrons. The van der Waals surface area contributed by atoms with Crippen molar-refractivity contribution in [2.75, 3.05) is 12.4 Å². The summed E-state index contributed by atoms with van der Waals surface area (Å²) < 4.78 is 5.28. The van der Waals surface area contributed by atoms with Gasteiger partial charge in [0.1, 0.15) is 12.0 Å². The lowest BCUT2D eigenvalue weighted by Gasteiger charge is -2.13. The number of anilines is 1. The van der Waals surface area contributed by atoms with E-state index in [1.165, 1.54) is 12.3 Å². The summed E-state index contributed by atoms with van der Waals surface area (Å²) in [7, 11) is 1.72. The maximum absolute atomic E-state index is 10.5. The molecule has 0 aromatic carbocycles. The lowest BCUT2D eigenvalue weighted by molar-refractivity contribution is -0.385. The van der Waals surface area contributed by atoms with E-state index in [1.807, 2.05) is 0 Å². The van der Waals surface area contributed by atoms with Gasteiger partial charge in [-0.25, -0.2) is 4.98 Å². The van der Waals surface area contributed by atoms with Crippen LogP contribution in [-0.2, 0) is 4.74 Å². The molecule has 17 heavy (non-hydrogen) atoms. The van der Waals surface area contributed by atoms with E-state index in [9.17, 15) is 10.1 Å². The fraction of sp³-hybridized carbons (Fsp3) is 0.545. The van der Waals surface area contributed by atoms with Gasteiger partial charge in [-0.2, -0.15) is 0 Å². The van der Waals surface area contributed by atoms with Gasteiger partial charge >= 0.3 is 0 Å². The normalized spacial score (nSPS) is 23.6. The molecule has 1 fully saturated rings. The average Bonchev–Trinajstić information content (AvgIpc) is 2.77. The van der Waals surface area contributed by atoms with Gasteiger partial charge in [0.2, 0.25) is 0 Å². The second-order valence-corrected chi connectivity index (χ2v) is 4.17. The van der Waals surface area contributed by atoms with Crippen molar-refractivity contribution in [2.45, 2.75) is 31.4 Å². The Balaban J connectivity index is 1.93. The van der Waals surface area contributed by atoms with Crippen molar-refractivity contribution in [1.29, 1.82) is 0 Å². The summed E-state index contributed by atoms with van der Waals surface area (Å²) in [5.74, 6) is 0.678. The largest absolute Gasteiger partial charge is 0.381 e. The minimum Gasteiger partial charge on any atom is -0.381 e. The van der Waals surface area contributed by atoms with Crippen LogP contribution >= 0.6 is 0 Å². The van der Waals surface area contributed by atoms with Crippen molar-refractivity contribution in [1.82, 2.24) is 4.98 Å². The van der Waals surface area contributed by atoms with E-state index >= 15 is 0 Å². The third-order valence-corrected chi connectivity index (χ3v) is 3.03. The molecule has 6 heteroatoms. The first-order chi connectivity index (χ1) is 8.19. The molecule has 1 saturated carbocycles. The first kappa shape index (κ1) is 11.8. The van der Waals surface area contributed by atoms with E-state index in [4.69, 9.17) is 4.74 Å². The van der Waals surface area contributed by atoms with Gasteiger partial charge in [0.25, 0.3) is 5.69 Å². The maximum Gasteiger partial charge on any atom is 0.287 e. The van der Waals surface area contributed by atoms with Gasteiger partial charge in [-0.3, -0.25) is 10.1 Å². The molecule has 0 aliphatic heterocycles. The monoisotopic (exact) mass is 237 g/mol. The molecule has 0 radical (unpaired) electrons. The number of pyridine rings is 1. The van der Waals surface area contributed by atoms with Crippen molar-refractivity contribution in [3.8, 4) is 0 Å². The molecule has 1 aromatic rings. The van der Waals surface area contributed by atoms with Gasteiger partial charge in [-0.1, -0.05) is 0 Å². The number of nitrogens with one attached hydrogen (secondary N) is 1. The zero-order valence-corrected chi connectivity index (χ0v) is 9.63. The summed E-state index contributed by atoms with van der Waals surface area (Å²) in [6.45, 7) is 0. The summed E-state index contributed by atoms with van der Waals surface area (Å²) in [5, 5.41) is 13.7. The van der Waals surface area contributed by atoms with Crippen molar-refractivity contribution < 1.29 is 9.66 Å². The quantitative estimate of drug-likeness (QED) is 0.639. The Hall–Kier alpha value is -1.69. The first-order valence-electron chi connectivity index (χ1n) is 5.59. The molecule has 2 atom stereocenters. The number of nitro groups is 1. The van der Waals surface area contributed by atoms with Gasteiger partial charge < -0.3 is 10.1 Å². The minimum atomic E-state index is -0.451. The number of nitrogens with zero attached hydrogens (tertiary/aromatic N) is 2. The highest BCUT2D eigenvalue weighted by Crippen LogP contribution is 2.24. The predicted molar refractivity (Wildman–Crippen MR) is 63.0 cm³/mol. The summed E-state index contributed by atoms with van der Waals surface area (Å²) in [6.07, 6.45) is 4.61. The van der Waals surface area contributed by atoms with Crippen LogP contribution in [0.5, 0.6) is 0 Å². The van der Waals surface area contributed by atoms with Crippen LogP contribution in [0.1, 0.15) is 19.3 Å². The molecule has 1 N–H and O–H groups in total. The van der Waals surface area contributed by atoms with Gasteiger partial charge in [-0.05, 0) is 25.3 Å². The maximum atomic E-state index is 10.5. The van der Waals surface area contributed by atoms with Crippen molar-refractivity contribution in [3.05, 3.63) is 28.4 Å². The molecule has 2 unspecified atom stereocenters. The SMILES string of the molecule is COC1CCC(Nc2ccc([N+](=O)[O-])cn2)C1. The van der Waals surface area contributed by atoms with Gasteiger partial charge in [0.15, 0.2) is 0 Å². The predicted octanol–water partition coefficient (Wildman–Crippen LogP) is 1.97. The molecular weight excluding hydrogens is 222 g/mol. The smallest absolute Gasteiger partial charge is 0.287 e. The van der Waals surface area contributed by atoms with Crippen LogP contribution in [0.3, 0.4) is 0 Å². The van der Waals surface area contributed by atoms with Crippen LogP contribution in [0.25, 0.3) is 0 Å². The molecule has 0 amide bonds. The molecular formula is C11H15N3O3. The standard InChI is InChI=1S/C11H15N3O3/c1-17-10-4-2-8(6-10)13-11-5-3-9(7-12-11)14(15)16/h3,5,7-8,10H,2,4,6H2,1H3,(H,12,13). The van der Waals surface area contributed by atoms with E-state index < -0.39 is 4.92 Å². The van der Waals surface area contributed by atoms with Crippen LogP contribution in [0.4, 0.5) is 11.5 Å². The molecule has 0 saturated heterocycles. The third kappa shape index (κ3) is 2.91. The van der Waals surface area contributed by atoms with Crippen molar-refractivity contribution >= 4 is 11.5 Å². The second kappa shape index (κ2) is 5.09. The minimum absolute atomic E-state index is 0.0109. The Morgan fingerprint density at radius 3 is 2.88 bits per heavy atom. The van der Waals surface area contributed by atoms with E-state index in [-0.39, 0.29) is 5.69 Å². The van der Waals surface area contributed by atoms with Crippen LogP contribution in [0.2, 0.25) is 0 Å². The Bertz CT molecular complexity index is 393. The Morgan fingerprint density at radius 1 is 1.53 bits per heavy atom. The number of rotatable bonds is 4. The lowest BCUT2D eigenvalue weighted by atomic mass is 10.2. The number of hydrogen-bond acceptors (Lipinski definition) is 5. The molecule has 0 spiro atoms. The average molecular weight is 237 g/mol. The molecule has 1 aliphatic carbocycles. The summed E-state index contributed by atoms with van der Waals surface area (Å²) in [6, 6.07) is 3.44. The second-order valence-electron chi connectivity index (χ2n) is 4.17. The van der Waals surface area contributed by atoms with Crippen LogP contribution < -0.4 is 5.32 Å². The Labute approximate surface area is 99.2 Å². The van der Waals surface area contributed by atoms with E-state index in [0.717, 1.165) is 19.3 Å². The highest BCUT2D eigenvalue weighted by molar-refractivity contribution is 5.41. The van der Waals surface area contributed by atoms with Crippen LogP contribution in [0.15, 0.2) is 18.3 Å². The molecule has 2 rings (SSSR count). The van der Waals surface area contributed by atoms with Crippen LogP contribution in [-0.4, -0.2) is 29.2 Å². The fourth-order valence-electron chi connectivity index (χ4n) is 2.07. The van der Waals surface area contributed by atoms with E-state index in [2.05, 4.69) is 10.3 Å². The summed E-state index contributed by atoms with van der Waals surface area (Å²) >= 11 is 0. The zero-order chi connectivity index (χ0) is 12.3. The topological polar surface area (TPSA) is 77.3 Å². The summed E-state index contributed by atoms with van der Waals surface area (Å²) in [4.78, 5) is 14.0. The molecule has 1 heterocycles. The number of methoxy groups -OCH3 is 1. The van der Waals surface area contributed by atoms with Gasteiger partial charge in [0.05, 0.1) is 11.0 Å². The Morgan fingerprint density at radius 2 is 2.35 bits per heavy atom. The number of aromatic nitrogens is 1. The highest BCUT2D eigenvalue weighted by atomic mass is 16.6. The van der Waals surface area contributed by atoms with Crippen molar-refractivity contribution in [2.24, 2.45) is 0 Å². The molecule has 1 aliphatic rings. The lowest BCUT2D eigenvalue weighted by Crippen LogP contribution is -2.17. The van der Waals surface area contributed by atoms with Crippen molar-refractivity contribution in [3.63, 3.8) is 0 Å². The Kier molecular flexibility index (Phi) is 3.53. The summed E-state index contributed by atoms with van der Waals surface area (Å²) in [5.41, 5.74) is 0.0109. The van der Waals surface area contributed by atoms with Crippen LogP contribution in [0, 0.1) is 10.1 Å². The number of hydrogen-bond donors (Lipinski definition) is 1. The molecule has 0 bridgehead atoms. The van der Waals surface area contributed by atoms with Gasteiger partial charge in [0, 0.05) is 19.2 Å². The molecule has 6 nitrogen and oxygen atoms in total. The van der Waals surface area contributed by atoms with E-state index in [1.54, 1.807) is 13.2 Å². The number of ether oxygens (including phenoxy) is 1. The third-order valence-electron chi connectivity index (χ3n) is 3.03. The molecule has 1 aromatic heterocycles. The highest BCUT2D eigenvalue weighted by Gasteiger charge is 2.24. The zero-order valence-electron chi connectivity index (χ0n) is 9.63. The van der Waals surface area contributed by atoms with Gasteiger partial charge in [-0.15, -0.1) is 0 Å². The first-order valence-corrected chi connectivity index (χ1v) is 5.59. The van der Waals surface area contributed by atoms with E-state index in [0.29, 0.717) is 18.0 Å².